The fraction of sp³-hybridized carbons (Fsp3) is 0.250. The maximum Gasteiger partial charge on any atom is 0.133 e. The van der Waals surface area contributed by atoms with Gasteiger partial charge in [-0.05, 0) is 53.7 Å². The Kier molecular flexibility index (Phi) is 4.54. The molecular formula is C12H13BrN4S. The predicted octanol–water partition coefficient (Wildman–Crippen LogP) is 3.53. The summed E-state index contributed by atoms with van der Waals surface area (Å²) in [5, 5.41) is 5.04. The number of hydrogen-bond acceptors (Lipinski definition) is 5. The molecule has 1 N–H and O–H groups in total. The van der Waals surface area contributed by atoms with Crippen LogP contribution in [-0.2, 0) is 0 Å². The lowest BCUT2D eigenvalue weighted by Crippen LogP contribution is -2.03. The summed E-state index contributed by atoms with van der Waals surface area (Å²) >= 11 is 5.02. The second kappa shape index (κ2) is 6.15. The summed E-state index contributed by atoms with van der Waals surface area (Å²) in [7, 11) is 0. The Bertz CT molecular complexity index is 547. The van der Waals surface area contributed by atoms with E-state index in [9.17, 15) is 0 Å². The summed E-state index contributed by atoms with van der Waals surface area (Å²) in [5.41, 5.74) is 1.04. The van der Waals surface area contributed by atoms with Gasteiger partial charge in [0.15, 0.2) is 0 Å². The summed E-state index contributed by atoms with van der Waals surface area (Å²) in [6.45, 7) is 4.90. The largest absolute Gasteiger partial charge is 0.370 e. The topological polar surface area (TPSA) is 50.7 Å². The smallest absolute Gasteiger partial charge is 0.133 e. The van der Waals surface area contributed by atoms with E-state index >= 15 is 0 Å². The molecule has 0 unspecified atom stereocenters. The Hall–Kier alpha value is -1.14. The summed E-state index contributed by atoms with van der Waals surface area (Å²) in [4.78, 5) is 12.9. The molecule has 0 radical (unpaired) electrons. The molecule has 0 aliphatic rings. The third kappa shape index (κ3) is 3.00. The highest BCUT2D eigenvalue weighted by atomic mass is 79.9. The van der Waals surface area contributed by atoms with Crippen molar-refractivity contribution in [1.29, 1.82) is 0 Å². The van der Waals surface area contributed by atoms with Crippen LogP contribution in [0.25, 0.3) is 0 Å². The van der Waals surface area contributed by atoms with Crippen LogP contribution in [-0.4, -0.2) is 21.5 Å². The van der Waals surface area contributed by atoms with Crippen LogP contribution >= 0.6 is 27.7 Å². The minimum absolute atomic E-state index is 0.843. The van der Waals surface area contributed by atoms with Gasteiger partial charge in [0, 0.05) is 18.3 Å². The first-order valence-electron chi connectivity index (χ1n) is 5.56. The number of hydrogen-bond donors (Lipinski definition) is 1. The Balaban J connectivity index is 2.30. The molecule has 2 heterocycles. The molecule has 0 spiro atoms. The van der Waals surface area contributed by atoms with Gasteiger partial charge in [-0.3, -0.25) is 0 Å². The lowest BCUT2D eigenvalue weighted by atomic mass is 10.3. The number of anilines is 1. The molecule has 0 aliphatic carbocycles. The summed E-state index contributed by atoms with van der Waals surface area (Å²) in [6.07, 6.45) is 3.35. The molecule has 18 heavy (non-hydrogen) atoms. The molecule has 4 nitrogen and oxygen atoms in total. The van der Waals surface area contributed by atoms with E-state index in [0.29, 0.717) is 0 Å². The summed E-state index contributed by atoms with van der Waals surface area (Å²) < 4.78 is 0.970. The van der Waals surface area contributed by atoms with Gasteiger partial charge in [-0.15, -0.1) is 0 Å². The Labute approximate surface area is 119 Å². The first-order valence-corrected chi connectivity index (χ1v) is 7.17. The van der Waals surface area contributed by atoms with Crippen molar-refractivity contribution in [1.82, 2.24) is 15.0 Å². The van der Waals surface area contributed by atoms with Crippen molar-refractivity contribution in [3.05, 3.63) is 34.7 Å². The SMILES string of the molecule is CCNc1ncnc(Sc2ncccc2Br)c1C. The van der Waals surface area contributed by atoms with Crippen molar-refractivity contribution < 1.29 is 0 Å². The number of pyridine rings is 1. The molecule has 0 bridgehead atoms. The van der Waals surface area contributed by atoms with Gasteiger partial charge >= 0.3 is 0 Å². The summed E-state index contributed by atoms with van der Waals surface area (Å²) in [6, 6.07) is 3.86. The normalized spacial score (nSPS) is 10.4. The molecule has 2 rings (SSSR count). The molecule has 0 atom stereocenters. The van der Waals surface area contributed by atoms with E-state index in [1.54, 1.807) is 12.5 Å². The molecule has 2 aromatic heterocycles. The van der Waals surface area contributed by atoms with Crippen LogP contribution in [0.15, 0.2) is 39.2 Å². The third-order valence-corrected chi connectivity index (χ3v) is 4.33. The van der Waals surface area contributed by atoms with E-state index in [1.165, 1.54) is 11.8 Å². The van der Waals surface area contributed by atoms with Crippen molar-refractivity contribution in [2.75, 3.05) is 11.9 Å². The minimum Gasteiger partial charge on any atom is -0.370 e. The van der Waals surface area contributed by atoms with Gasteiger partial charge in [-0.25, -0.2) is 15.0 Å². The predicted molar refractivity (Wildman–Crippen MR) is 77.0 cm³/mol. The average molecular weight is 325 g/mol. The van der Waals surface area contributed by atoms with Gasteiger partial charge in [0.1, 0.15) is 22.2 Å². The standard InChI is InChI=1S/C12H13BrN4S/c1-3-14-10-8(2)11(17-7-16-10)18-12-9(13)5-4-6-15-12/h4-7H,3H2,1-2H3,(H,14,16,17). The van der Waals surface area contributed by atoms with Crippen molar-refractivity contribution in [3.8, 4) is 0 Å². The average Bonchev–Trinajstić information content (AvgIpc) is 2.37. The van der Waals surface area contributed by atoms with Crippen LogP contribution in [0.2, 0.25) is 0 Å². The van der Waals surface area contributed by atoms with Gasteiger partial charge in [0.25, 0.3) is 0 Å². The number of nitrogens with one attached hydrogen (secondary N) is 1. The molecule has 6 heteroatoms. The second-order valence-electron chi connectivity index (χ2n) is 3.58. The first kappa shape index (κ1) is 13.3. The lowest BCUT2D eigenvalue weighted by Gasteiger charge is -2.09. The minimum atomic E-state index is 0.843. The molecule has 0 amide bonds. The van der Waals surface area contributed by atoms with E-state index < -0.39 is 0 Å². The number of aromatic nitrogens is 3. The van der Waals surface area contributed by atoms with Crippen molar-refractivity contribution in [2.45, 2.75) is 23.9 Å². The van der Waals surface area contributed by atoms with Crippen LogP contribution in [0, 0.1) is 6.92 Å². The Morgan fingerprint density at radius 2 is 2.11 bits per heavy atom. The first-order chi connectivity index (χ1) is 8.72. The quantitative estimate of drug-likeness (QED) is 0.872. The van der Waals surface area contributed by atoms with Crippen LogP contribution in [0.4, 0.5) is 5.82 Å². The molecule has 0 saturated heterocycles. The Morgan fingerprint density at radius 1 is 1.28 bits per heavy atom. The zero-order valence-corrected chi connectivity index (χ0v) is 12.5. The van der Waals surface area contributed by atoms with Gasteiger partial charge in [-0.2, -0.15) is 0 Å². The maximum atomic E-state index is 4.33. The van der Waals surface area contributed by atoms with Gasteiger partial charge < -0.3 is 5.32 Å². The van der Waals surface area contributed by atoms with Crippen molar-refractivity contribution in [2.24, 2.45) is 0 Å². The van der Waals surface area contributed by atoms with Crippen LogP contribution in [0.1, 0.15) is 12.5 Å². The molecule has 2 aromatic rings. The fourth-order valence-corrected chi connectivity index (χ4v) is 2.73. The Morgan fingerprint density at radius 3 is 2.83 bits per heavy atom. The second-order valence-corrected chi connectivity index (χ2v) is 5.41. The number of halogens is 1. The third-order valence-electron chi connectivity index (χ3n) is 2.30. The molecule has 0 aromatic carbocycles. The van der Waals surface area contributed by atoms with Crippen LogP contribution < -0.4 is 5.32 Å². The van der Waals surface area contributed by atoms with Crippen LogP contribution in [0.5, 0.6) is 0 Å². The monoisotopic (exact) mass is 324 g/mol. The molecule has 94 valence electrons. The van der Waals surface area contributed by atoms with E-state index in [0.717, 1.165) is 32.5 Å². The fourth-order valence-electron chi connectivity index (χ4n) is 1.42. The van der Waals surface area contributed by atoms with Gasteiger partial charge in [-0.1, -0.05) is 0 Å². The van der Waals surface area contributed by atoms with Crippen molar-refractivity contribution in [3.63, 3.8) is 0 Å². The molecule has 0 fully saturated rings. The summed E-state index contributed by atoms with van der Waals surface area (Å²) in [5.74, 6) is 0.877. The van der Waals surface area contributed by atoms with E-state index in [-0.39, 0.29) is 0 Å². The maximum absolute atomic E-state index is 4.33. The molecule has 0 saturated carbocycles. The van der Waals surface area contributed by atoms with Gasteiger partial charge in [0.2, 0.25) is 0 Å². The number of rotatable bonds is 4. The lowest BCUT2D eigenvalue weighted by molar-refractivity contribution is 0.984. The highest BCUT2D eigenvalue weighted by Crippen LogP contribution is 2.33. The molecular weight excluding hydrogens is 312 g/mol. The molecule has 0 aliphatic heterocycles. The van der Waals surface area contributed by atoms with Crippen LogP contribution in [0.3, 0.4) is 0 Å². The van der Waals surface area contributed by atoms with E-state index in [2.05, 4.69) is 36.2 Å². The highest BCUT2D eigenvalue weighted by Gasteiger charge is 2.10. The van der Waals surface area contributed by atoms with Gasteiger partial charge in [0.05, 0.1) is 4.47 Å². The zero-order valence-electron chi connectivity index (χ0n) is 10.1. The number of nitrogens with zero attached hydrogens (tertiary/aromatic N) is 3. The van der Waals surface area contributed by atoms with E-state index in [1.807, 2.05) is 26.0 Å². The zero-order chi connectivity index (χ0) is 13.0. The highest BCUT2D eigenvalue weighted by molar-refractivity contribution is 9.10. The van der Waals surface area contributed by atoms with E-state index in [4.69, 9.17) is 0 Å². The van der Waals surface area contributed by atoms with Crippen molar-refractivity contribution >= 4 is 33.5 Å².